The topological polar surface area (TPSA) is 57.7 Å². The molecule has 0 spiro atoms. The molecular formula is C19H16ClNO4. The molecule has 3 aromatic rings. The summed E-state index contributed by atoms with van der Waals surface area (Å²) in [6.07, 6.45) is 0. The van der Waals surface area contributed by atoms with Crippen molar-refractivity contribution < 1.29 is 19.0 Å². The van der Waals surface area contributed by atoms with Crippen LogP contribution in [0.15, 0.2) is 48.5 Å². The zero-order valence-electron chi connectivity index (χ0n) is 13.8. The van der Waals surface area contributed by atoms with Crippen LogP contribution in [0.25, 0.3) is 10.9 Å². The van der Waals surface area contributed by atoms with E-state index in [1.807, 2.05) is 30.3 Å². The molecule has 0 bridgehead atoms. The van der Waals surface area contributed by atoms with Crippen LogP contribution in [0.4, 0.5) is 0 Å². The summed E-state index contributed by atoms with van der Waals surface area (Å²) >= 11 is 6.19. The van der Waals surface area contributed by atoms with Crippen LogP contribution in [-0.2, 0) is 11.3 Å². The van der Waals surface area contributed by atoms with E-state index in [9.17, 15) is 4.79 Å². The van der Waals surface area contributed by atoms with Gasteiger partial charge in [-0.15, -0.1) is 0 Å². The normalized spacial score (nSPS) is 10.5. The average Bonchev–Trinajstić information content (AvgIpc) is 2.65. The molecule has 2 aromatic carbocycles. The molecule has 128 valence electrons. The van der Waals surface area contributed by atoms with Gasteiger partial charge in [0, 0.05) is 10.9 Å². The number of methoxy groups -OCH3 is 2. The molecule has 0 fully saturated rings. The third-order valence-corrected chi connectivity index (χ3v) is 4.06. The predicted octanol–water partition coefficient (Wildman–Crippen LogP) is 4.26. The first kappa shape index (κ1) is 17.0. The Labute approximate surface area is 150 Å². The van der Waals surface area contributed by atoms with Gasteiger partial charge in [-0.05, 0) is 24.3 Å². The highest BCUT2D eigenvalue weighted by Crippen LogP contribution is 2.31. The smallest absolute Gasteiger partial charge is 0.342 e. The molecule has 0 N–H and O–H groups in total. The van der Waals surface area contributed by atoms with Crippen LogP contribution >= 0.6 is 11.6 Å². The minimum absolute atomic E-state index is 0.00979. The van der Waals surface area contributed by atoms with E-state index < -0.39 is 5.97 Å². The van der Waals surface area contributed by atoms with Crippen LogP contribution in [0.2, 0.25) is 5.15 Å². The second-order valence-corrected chi connectivity index (χ2v) is 5.61. The zero-order chi connectivity index (χ0) is 17.8. The number of rotatable bonds is 5. The summed E-state index contributed by atoms with van der Waals surface area (Å²) in [5.74, 6) is 0.264. The largest absolute Gasteiger partial charge is 0.493 e. The zero-order valence-corrected chi connectivity index (χ0v) is 14.5. The van der Waals surface area contributed by atoms with Crippen LogP contribution in [0, 0.1) is 0 Å². The lowest BCUT2D eigenvalue weighted by molar-refractivity contribution is 0.0468. The Hall–Kier alpha value is -2.79. The maximum Gasteiger partial charge on any atom is 0.342 e. The van der Waals surface area contributed by atoms with Gasteiger partial charge in [0.15, 0.2) is 11.5 Å². The van der Waals surface area contributed by atoms with Gasteiger partial charge in [-0.2, -0.15) is 0 Å². The number of ether oxygens (including phenoxy) is 3. The molecule has 0 unspecified atom stereocenters. The number of pyridine rings is 1. The Bertz CT molecular complexity index is 926. The Balaban J connectivity index is 1.82. The highest BCUT2D eigenvalue weighted by atomic mass is 35.5. The molecule has 3 rings (SSSR count). The molecule has 0 saturated heterocycles. The molecule has 0 aliphatic heterocycles. The van der Waals surface area contributed by atoms with Gasteiger partial charge in [0.25, 0.3) is 0 Å². The Morgan fingerprint density at radius 3 is 2.64 bits per heavy atom. The molecule has 1 aromatic heterocycles. The second kappa shape index (κ2) is 7.40. The van der Waals surface area contributed by atoms with Crippen molar-refractivity contribution in [2.45, 2.75) is 6.61 Å². The van der Waals surface area contributed by atoms with Crippen molar-refractivity contribution >= 4 is 28.5 Å². The monoisotopic (exact) mass is 357 g/mol. The number of para-hydroxylation sites is 2. The SMILES string of the molecule is COc1cccc(C(=O)OCc2cc3ccccc3nc2Cl)c1OC. The number of hydrogen-bond donors (Lipinski definition) is 0. The molecule has 0 aliphatic carbocycles. The summed E-state index contributed by atoms with van der Waals surface area (Å²) in [7, 11) is 2.98. The predicted molar refractivity (Wildman–Crippen MR) is 95.4 cm³/mol. The molecule has 6 heteroatoms. The van der Waals surface area contributed by atoms with Crippen LogP contribution < -0.4 is 9.47 Å². The number of carbonyl (C=O) groups is 1. The molecule has 0 amide bonds. The summed E-state index contributed by atoms with van der Waals surface area (Å²) in [6.45, 7) is 0.00979. The van der Waals surface area contributed by atoms with Crippen LogP contribution in [0.3, 0.4) is 0 Å². The van der Waals surface area contributed by atoms with Gasteiger partial charge in [0.1, 0.15) is 17.3 Å². The van der Waals surface area contributed by atoms with Gasteiger partial charge in [-0.1, -0.05) is 35.9 Å². The lowest BCUT2D eigenvalue weighted by Gasteiger charge is -2.12. The lowest BCUT2D eigenvalue weighted by Crippen LogP contribution is -2.08. The fourth-order valence-corrected chi connectivity index (χ4v) is 2.71. The standard InChI is InChI=1S/C19H16ClNO4/c1-23-16-9-5-7-14(17(16)24-2)19(22)25-11-13-10-12-6-3-4-8-15(12)21-18(13)20/h3-10H,11H2,1-2H3. The van der Waals surface area contributed by atoms with Crippen molar-refractivity contribution in [3.05, 3.63) is 64.8 Å². The van der Waals surface area contributed by atoms with Gasteiger partial charge in [0.05, 0.1) is 19.7 Å². The number of nitrogens with zero attached hydrogens (tertiary/aromatic N) is 1. The third-order valence-electron chi connectivity index (χ3n) is 3.73. The van der Waals surface area contributed by atoms with Crippen LogP contribution in [0.1, 0.15) is 15.9 Å². The number of esters is 1. The molecule has 1 heterocycles. The highest BCUT2D eigenvalue weighted by molar-refractivity contribution is 6.30. The number of aromatic nitrogens is 1. The van der Waals surface area contributed by atoms with Crippen molar-refractivity contribution in [1.29, 1.82) is 0 Å². The van der Waals surface area contributed by atoms with Crippen LogP contribution in [-0.4, -0.2) is 25.2 Å². The second-order valence-electron chi connectivity index (χ2n) is 5.25. The van der Waals surface area contributed by atoms with Crippen molar-refractivity contribution in [2.75, 3.05) is 14.2 Å². The number of fused-ring (bicyclic) bond motifs is 1. The van der Waals surface area contributed by atoms with Gasteiger partial charge in [-0.25, -0.2) is 9.78 Å². The minimum atomic E-state index is -0.528. The number of benzene rings is 2. The molecule has 0 aliphatic rings. The summed E-state index contributed by atoms with van der Waals surface area (Å²) in [5.41, 5.74) is 1.71. The maximum absolute atomic E-state index is 12.4. The molecular weight excluding hydrogens is 342 g/mol. The first-order valence-corrected chi connectivity index (χ1v) is 7.94. The summed E-state index contributed by atoms with van der Waals surface area (Å²) in [5, 5.41) is 1.24. The van der Waals surface area contributed by atoms with Gasteiger partial charge >= 0.3 is 5.97 Å². The Kier molecular flexibility index (Phi) is 5.05. The van der Waals surface area contributed by atoms with Crippen molar-refractivity contribution in [3.63, 3.8) is 0 Å². The van der Waals surface area contributed by atoms with E-state index in [-0.39, 0.29) is 12.2 Å². The average molecular weight is 358 g/mol. The van der Waals surface area contributed by atoms with Crippen molar-refractivity contribution in [1.82, 2.24) is 4.98 Å². The fraction of sp³-hybridized carbons (Fsp3) is 0.158. The Morgan fingerprint density at radius 2 is 1.88 bits per heavy atom. The number of hydrogen-bond acceptors (Lipinski definition) is 5. The highest BCUT2D eigenvalue weighted by Gasteiger charge is 2.18. The van der Waals surface area contributed by atoms with E-state index in [0.717, 1.165) is 10.9 Å². The maximum atomic E-state index is 12.4. The number of carbonyl (C=O) groups excluding carboxylic acids is 1. The molecule has 5 nitrogen and oxygen atoms in total. The Morgan fingerprint density at radius 1 is 1.08 bits per heavy atom. The van der Waals surface area contributed by atoms with Crippen molar-refractivity contribution in [3.8, 4) is 11.5 Å². The summed E-state index contributed by atoms with van der Waals surface area (Å²) < 4.78 is 15.8. The van der Waals surface area contributed by atoms with E-state index >= 15 is 0 Å². The quantitative estimate of drug-likeness (QED) is 0.504. The molecule has 25 heavy (non-hydrogen) atoms. The van der Waals surface area contributed by atoms with E-state index in [1.165, 1.54) is 14.2 Å². The van der Waals surface area contributed by atoms with E-state index in [2.05, 4.69) is 4.98 Å². The van der Waals surface area contributed by atoms with E-state index in [0.29, 0.717) is 22.2 Å². The first-order valence-electron chi connectivity index (χ1n) is 7.56. The van der Waals surface area contributed by atoms with Gasteiger partial charge < -0.3 is 14.2 Å². The minimum Gasteiger partial charge on any atom is -0.493 e. The summed E-state index contributed by atoms with van der Waals surface area (Å²) in [6, 6.07) is 14.5. The fourth-order valence-electron chi connectivity index (χ4n) is 2.51. The first-order chi connectivity index (χ1) is 12.1. The number of halogens is 1. The van der Waals surface area contributed by atoms with E-state index in [4.69, 9.17) is 25.8 Å². The van der Waals surface area contributed by atoms with Crippen LogP contribution in [0.5, 0.6) is 11.5 Å². The lowest BCUT2D eigenvalue weighted by atomic mass is 10.1. The summed E-state index contributed by atoms with van der Waals surface area (Å²) in [4.78, 5) is 16.7. The van der Waals surface area contributed by atoms with Crippen molar-refractivity contribution in [2.24, 2.45) is 0 Å². The van der Waals surface area contributed by atoms with Gasteiger partial charge in [-0.3, -0.25) is 0 Å². The molecule has 0 atom stereocenters. The van der Waals surface area contributed by atoms with Gasteiger partial charge in [0.2, 0.25) is 0 Å². The molecule has 0 radical (unpaired) electrons. The third kappa shape index (κ3) is 3.51. The molecule has 0 saturated carbocycles. The van der Waals surface area contributed by atoms with E-state index in [1.54, 1.807) is 18.2 Å².